The van der Waals surface area contributed by atoms with Crippen molar-refractivity contribution in [2.45, 2.75) is 4.34 Å². The normalized spacial score (nSPS) is 12.6. The molecular formula is C11H10N6O2S2. The molecule has 3 heterocycles. The van der Waals surface area contributed by atoms with Crippen molar-refractivity contribution in [3.63, 3.8) is 0 Å². The largest absolute Gasteiger partial charge is 0.396 e. The van der Waals surface area contributed by atoms with Gasteiger partial charge in [0.15, 0.2) is 0 Å². The van der Waals surface area contributed by atoms with Crippen molar-refractivity contribution in [3.05, 3.63) is 24.0 Å². The van der Waals surface area contributed by atoms with Gasteiger partial charge in [-0.05, 0) is 6.07 Å². The Hall–Kier alpha value is -2.33. The molecule has 0 bridgehead atoms. The second-order valence-corrected chi connectivity index (χ2v) is 6.75. The fourth-order valence-corrected chi connectivity index (χ4v) is 3.25. The van der Waals surface area contributed by atoms with Gasteiger partial charge in [-0.2, -0.15) is 5.10 Å². The van der Waals surface area contributed by atoms with E-state index in [9.17, 15) is 9.00 Å². The maximum Gasteiger partial charge on any atom is 0.252 e. The number of hydrogen-bond donors (Lipinski definition) is 2. The first kappa shape index (κ1) is 13.6. The quantitative estimate of drug-likeness (QED) is 0.712. The van der Waals surface area contributed by atoms with E-state index in [0.717, 1.165) is 5.56 Å². The SMILES string of the molecule is CS(=O)c1nnc(-c2cc3c(N)c(C(N)=O)cnn3c2)s1. The van der Waals surface area contributed by atoms with Gasteiger partial charge in [-0.15, -0.1) is 10.2 Å². The van der Waals surface area contributed by atoms with E-state index in [-0.39, 0.29) is 11.3 Å². The van der Waals surface area contributed by atoms with Crippen LogP contribution in [0.4, 0.5) is 5.69 Å². The van der Waals surface area contributed by atoms with Crippen molar-refractivity contribution >= 4 is 39.2 Å². The number of carbonyl (C=O) groups is 1. The Bertz CT molecular complexity index is 884. The van der Waals surface area contributed by atoms with Gasteiger partial charge in [0.2, 0.25) is 4.34 Å². The molecule has 1 amide bonds. The number of nitrogens with zero attached hydrogens (tertiary/aromatic N) is 4. The predicted octanol–water partition coefficient (Wildman–Crippen LogP) is 0.271. The Labute approximate surface area is 125 Å². The maximum absolute atomic E-state index is 11.4. The number of aromatic nitrogens is 4. The monoisotopic (exact) mass is 322 g/mol. The highest BCUT2D eigenvalue weighted by atomic mass is 32.2. The molecular weight excluding hydrogens is 312 g/mol. The predicted molar refractivity (Wildman–Crippen MR) is 79.4 cm³/mol. The van der Waals surface area contributed by atoms with Crippen LogP contribution in [-0.4, -0.2) is 36.2 Å². The van der Waals surface area contributed by atoms with Crippen molar-refractivity contribution < 1.29 is 9.00 Å². The number of fused-ring (bicyclic) bond motifs is 1. The summed E-state index contributed by atoms with van der Waals surface area (Å²) in [6.45, 7) is 0. The molecule has 0 spiro atoms. The summed E-state index contributed by atoms with van der Waals surface area (Å²) in [6, 6.07) is 1.73. The lowest BCUT2D eigenvalue weighted by Gasteiger charge is -2.02. The average molecular weight is 322 g/mol. The zero-order valence-electron chi connectivity index (χ0n) is 10.8. The second-order valence-electron chi connectivity index (χ2n) is 4.22. The van der Waals surface area contributed by atoms with Crippen molar-refractivity contribution in [1.29, 1.82) is 0 Å². The van der Waals surface area contributed by atoms with Crippen LogP contribution in [0.1, 0.15) is 10.4 Å². The third kappa shape index (κ3) is 2.28. The third-order valence-electron chi connectivity index (χ3n) is 2.84. The lowest BCUT2D eigenvalue weighted by atomic mass is 10.2. The fraction of sp³-hybridized carbons (Fsp3) is 0.0909. The molecule has 0 aliphatic carbocycles. The van der Waals surface area contributed by atoms with E-state index in [0.29, 0.717) is 14.9 Å². The van der Waals surface area contributed by atoms with Gasteiger partial charge in [-0.3, -0.25) is 9.00 Å². The van der Waals surface area contributed by atoms with Gasteiger partial charge >= 0.3 is 0 Å². The van der Waals surface area contributed by atoms with Crippen LogP contribution < -0.4 is 11.5 Å². The third-order valence-corrected chi connectivity index (χ3v) is 5.14. The van der Waals surface area contributed by atoms with Crippen LogP contribution in [-0.2, 0) is 10.8 Å². The topological polar surface area (TPSA) is 129 Å². The Morgan fingerprint density at radius 3 is 2.81 bits per heavy atom. The number of amides is 1. The molecule has 0 radical (unpaired) electrons. The van der Waals surface area contributed by atoms with Gasteiger partial charge < -0.3 is 11.5 Å². The van der Waals surface area contributed by atoms with Crippen molar-refractivity contribution in [1.82, 2.24) is 19.8 Å². The molecule has 0 aliphatic rings. The van der Waals surface area contributed by atoms with Gasteiger partial charge in [-0.1, -0.05) is 11.3 Å². The molecule has 108 valence electrons. The fourth-order valence-electron chi connectivity index (χ4n) is 1.83. The summed E-state index contributed by atoms with van der Waals surface area (Å²) in [6.07, 6.45) is 4.57. The van der Waals surface area contributed by atoms with Crippen LogP contribution in [0.5, 0.6) is 0 Å². The molecule has 3 aromatic heterocycles. The standard InChI is InChI=1S/C11H10N6O2S2/c1-21(19)11-16-15-10(20-11)5-2-7-8(12)6(9(13)18)3-14-17(7)4-5/h2-4H,12H2,1H3,(H2,13,18). The zero-order chi connectivity index (χ0) is 15.1. The number of nitrogen functional groups attached to an aromatic ring is 1. The number of carbonyl (C=O) groups excluding carboxylic acids is 1. The maximum atomic E-state index is 11.4. The lowest BCUT2D eigenvalue weighted by Crippen LogP contribution is -2.15. The molecule has 3 aromatic rings. The Kier molecular flexibility index (Phi) is 3.18. The minimum Gasteiger partial charge on any atom is -0.396 e. The summed E-state index contributed by atoms with van der Waals surface area (Å²) in [5, 5.41) is 12.5. The zero-order valence-corrected chi connectivity index (χ0v) is 12.4. The summed E-state index contributed by atoms with van der Waals surface area (Å²) in [7, 11) is -1.18. The highest BCUT2D eigenvalue weighted by Gasteiger charge is 2.15. The minimum atomic E-state index is -1.18. The summed E-state index contributed by atoms with van der Waals surface area (Å²) in [5.74, 6) is -0.634. The smallest absolute Gasteiger partial charge is 0.252 e. The van der Waals surface area contributed by atoms with Gasteiger partial charge in [0.25, 0.3) is 5.91 Å². The number of hydrogen-bond acceptors (Lipinski definition) is 7. The Morgan fingerprint density at radius 1 is 1.43 bits per heavy atom. The summed E-state index contributed by atoms with van der Waals surface area (Å²) in [5.41, 5.74) is 12.9. The number of nitrogens with two attached hydrogens (primary N) is 2. The van der Waals surface area contributed by atoms with E-state index in [1.54, 1.807) is 18.5 Å². The minimum absolute atomic E-state index is 0.166. The summed E-state index contributed by atoms with van der Waals surface area (Å²) < 4.78 is 13.3. The lowest BCUT2D eigenvalue weighted by molar-refractivity contribution is 0.100. The molecule has 0 saturated carbocycles. The Morgan fingerprint density at radius 2 is 2.19 bits per heavy atom. The molecule has 0 fully saturated rings. The molecule has 0 aliphatic heterocycles. The first-order chi connectivity index (χ1) is 9.97. The van der Waals surface area contributed by atoms with Gasteiger partial charge in [0.1, 0.15) is 5.01 Å². The van der Waals surface area contributed by atoms with Crippen LogP contribution in [0.25, 0.3) is 16.1 Å². The van der Waals surface area contributed by atoms with E-state index in [1.165, 1.54) is 22.0 Å². The first-order valence-electron chi connectivity index (χ1n) is 5.71. The molecule has 8 nitrogen and oxygen atoms in total. The van der Waals surface area contributed by atoms with Gasteiger partial charge in [0.05, 0.1) is 33.8 Å². The van der Waals surface area contributed by atoms with Crippen LogP contribution in [0.3, 0.4) is 0 Å². The molecule has 4 N–H and O–H groups in total. The molecule has 0 aromatic carbocycles. The van der Waals surface area contributed by atoms with Crippen molar-refractivity contribution in [2.24, 2.45) is 5.73 Å². The average Bonchev–Trinajstić information content (AvgIpc) is 3.05. The molecule has 1 unspecified atom stereocenters. The summed E-state index contributed by atoms with van der Waals surface area (Å²) >= 11 is 1.23. The van der Waals surface area contributed by atoms with Gasteiger partial charge in [0, 0.05) is 18.0 Å². The van der Waals surface area contributed by atoms with Crippen LogP contribution in [0.2, 0.25) is 0 Å². The van der Waals surface area contributed by atoms with Crippen molar-refractivity contribution in [2.75, 3.05) is 12.0 Å². The highest BCUT2D eigenvalue weighted by Crippen LogP contribution is 2.29. The van der Waals surface area contributed by atoms with E-state index in [4.69, 9.17) is 11.5 Å². The van der Waals surface area contributed by atoms with Crippen LogP contribution in [0.15, 0.2) is 22.8 Å². The van der Waals surface area contributed by atoms with Crippen LogP contribution >= 0.6 is 11.3 Å². The highest BCUT2D eigenvalue weighted by molar-refractivity contribution is 7.86. The molecule has 21 heavy (non-hydrogen) atoms. The number of primary amides is 1. The molecule has 1 atom stereocenters. The van der Waals surface area contributed by atoms with E-state index < -0.39 is 16.7 Å². The van der Waals surface area contributed by atoms with Crippen LogP contribution in [0, 0.1) is 0 Å². The number of anilines is 1. The Balaban J connectivity index is 2.14. The van der Waals surface area contributed by atoms with E-state index in [2.05, 4.69) is 15.3 Å². The van der Waals surface area contributed by atoms with Gasteiger partial charge in [-0.25, -0.2) is 4.52 Å². The molecule has 0 saturated heterocycles. The first-order valence-corrected chi connectivity index (χ1v) is 8.09. The molecule has 10 heteroatoms. The second kappa shape index (κ2) is 4.90. The molecule has 3 rings (SSSR count). The summed E-state index contributed by atoms with van der Waals surface area (Å²) in [4.78, 5) is 11.3. The van der Waals surface area contributed by atoms with E-state index in [1.807, 2.05) is 0 Å². The number of rotatable bonds is 3. The van der Waals surface area contributed by atoms with E-state index >= 15 is 0 Å². The van der Waals surface area contributed by atoms with Crippen molar-refractivity contribution in [3.8, 4) is 10.6 Å².